The van der Waals surface area contributed by atoms with Crippen molar-refractivity contribution in [1.29, 1.82) is 0 Å². The summed E-state index contributed by atoms with van der Waals surface area (Å²) >= 11 is 2.01. The molecular weight excluding hydrogens is 351 g/mol. The Labute approximate surface area is 157 Å². The first-order chi connectivity index (χ1) is 12.7. The van der Waals surface area contributed by atoms with Crippen LogP contribution >= 0.6 is 11.8 Å². The van der Waals surface area contributed by atoms with Crippen LogP contribution < -0.4 is 15.4 Å². The van der Waals surface area contributed by atoms with Crippen molar-refractivity contribution in [2.45, 2.75) is 24.6 Å². The maximum atomic E-state index is 13.3. The lowest BCUT2D eigenvalue weighted by molar-refractivity contribution is 0.450. The van der Waals surface area contributed by atoms with Gasteiger partial charge >= 0.3 is 0 Å². The Kier molecular flexibility index (Phi) is 6.71. The van der Waals surface area contributed by atoms with Crippen molar-refractivity contribution >= 4 is 17.7 Å². The van der Waals surface area contributed by atoms with E-state index in [1.54, 1.807) is 25.4 Å². The van der Waals surface area contributed by atoms with Crippen molar-refractivity contribution in [3.8, 4) is 11.6 Å². The zero-order valence-electron chi connectivity index (χ0n) is 14.7. The van der Waals surface area contributed by atoms with E-state index in [0.29, 0.717) is 23.4 Å². The number of ether oxygens (including phenoxy) is 1. The molecule has 2 aromatic rings. The average molecular weight is 374 g/mol. The number of hydrogen-bond acceptors (Lipinski definition) is 4. The van der Waals surface area contributed by atoms with Gasteiger partial charge in [-0.15, -0.1) is 0 Å². The molecule has 0 radical (unpaired) electrons. The molecule has 2 N–H and O–H groups in total. The molecular formula is C19H23FN4OS. The standard InChI is InChI=1S/C19H23FN4OS/c1-21-19(24-13-17-8-4-10-26-17)23-12-14-5-3-9-22-18(14)25-16-7-2-6-15(20)11-16/h2-3,5-7,9,11,17H,4,8,10,12-13H2,1H3,(H2,21,23,24). The van der Waals surface area contributed by atoms with Crippen molar-refractivity contribution in [2.75, 3.05) is 19.3 Å². The summed E-state index contributed by atoms with van der Waals surface area (Å²) in [6.45, 7) is 1.42. The highest BCUT2D eigenvalue weighted by molar-refractivity contribution is 8.00. The number of pyridine rings is 1. The predicted molar refractivity (Wildman–Crippen MR) is 104 cm³/mol. The minimum atomic E-state index is -0.340. The Morgan fingerprint density at radius 2 is 2.27 bits per heavy atom. The van der Waals surface area contributed by atoms with Crippen LogP contribution in [0, 0.1) is 5.82 Å². The van der Waals surface area contributed by atoms with Crippen molar-refractivity contribution in [3.05, 3.63) is 54.0 Å². The van der Waals surface area contributed by atoms with Crippen LogP contribution in [0.3, 0.4) is 0 Å². The molecule has 0 bridgehead atoms. The van der Waals surface area contributed by atoms with Gasteiger partial charge < -0.3 is 15.4 Å². The molecule has 1 fully saturated rings. The summed E-state index contributed by atoms with van der Waals surface area (Å²) in [4.78, 5) is 8.53. The second-order valence-corrected chi connectivity index (χ2v) is 7.38. The SMILES string of the molecule is CN=C(NCc1cccnc1Oc1cccc(F)c1)NCC1CCCS1. The Hall–Kier alpha value is -2.28. The van der Waals surface area contributed by atoms with E-state index in [0.717, 1.165) is 18.1 Å². The zero-order valence-corrected chi connectivity index (χ0v) is 15.6. The maximum Gasteiger partial charge on any atom is 0.224 e. The largest absolute Gasteiger partial charge is 0.439 e. The quantitative estimate of drug-likeness (QED) is 0.598. The third-order valence-electron chi connectivity index (χ3n) is 4.05. The lowest BCUT2D eigenvalue weighted by atomic mass is 10.2. The van der Waals surface area contributed by atoms with Crippen LogP contribution in [0.15, 0.2) is 47.6 Å². The maximum absolute atomic E-state index is 13.3. The third kappa shape index (κ3) is 5.36. The predicted octanol–water partition coefficient (Wildman–Crippen LogP) is 3.57. The summed E-state index contributed by atoms with van der Waals surface area (Å²) in [5, 5.41) is 7.30. The molecule has 7 heteroatoms. The van der Waals surface area contributed by atoms with Crippen molar-refractivity contribution in [3.63, 3.8) is 0 Å². The molecule has 5 nitrogen and oxygen atoms in total. The highest BCUT2D eigenvalue weighted by Gasteiger charge is 2.15. The molecule has 138 valence electrons. The number of nitrogens with zero attached hydrogens (tertiary/aromatic N) is 2. The monoisotopic (exact) mass is 374 g/mol. The summed E-state index contributed by atoms with van der Waals surface area (Å²) in [5.41, 5.74) is 0.870. The topological polar surface area (TPSA) is 58.5 Å². The molecule has 26 heavy (non-hydrogen) atoms. The first-order valence-electron chi connectivity index (χ1n) is 8.68. The normalized spacial score (nSPS) is 17.2. The number of nitrogens with one attached hydrogen (secondary N) is 2. The van der Waals surface area contributed by atoms with E-state index < -0.39 is 0 Å². The van der Waals surface area contributed by atoms with Gasteiger partial charge in [0.1, 0.15) is 11.6 Å². The fourth-order valence-corrected chi connectivity index (χ4v) is 3.91. The van der Waals surface area contributed by atoms with Gasteiger partial charge in [0.2, 0.25) is 5.88 Å². The van der Waals surface area contributed by atoms with Gasteiger partial charge in [-0.1, -0.05) is 12.1 Å². The lowest BCUT2D eigenvalue weighted by Crippen LogP contribution is -2.39. The van der Waals surface area contributed by atoms with Crippen molar-refractivity contribution < 1.29 is 9.13 Å². The van der Waals surface area contributed by atoms with Crippen molar-refractivity contribution in [2.24, 2.45) is 4.99 Å². The van der Waals surface area contributed by atoms with Gasteiger partial charge in [-0.25, -0.2) is 9.37 Å². The fourth-order valence-electron chi connectivity index (χ4n) is 2.71. The van der Waals surface area contributed by atoms with Crippen LogP contribution in [0.25, 0.3) is 0 Å². The summed E-state index contributed by atoms with van der Waals surface area (Å²) in [6.07, 6.45) is 4.20. The van der Waals surface area contributed by atoms with Gasteiger partial charge in [0.15, 0.2) is 5.96 Å². The number of halogens is 1. The molecule has 1 unspecified atom stereocenters. The Bertz CT molecular complexity index is 750. The van der Waals surface area contributed by atoms with E-state index in [9.17, 15) is 4.39 Å². The number of hydrogen-bond donors (Lipinski definition) is 2. The lowest BCUT2D eigenvalue weighted by Gasteiger charge is -2.16. The number of aromatic nitrogens is 1. The van der Waals surface area contributed by atoms with Crippen LogP contribution in [0.2, 0.25) is 0 Å². The van der Waals surface area contributed by atoms with Crippen molar-refractivity contribution in [1.82, 2.24) is 15.6 Å². The highest BCUT2D eigenvalue weighted by atomic mass is 32.2. The summed E-state index contributed by atoms with van der Waals surface area (Å²) in [6, 6.07) is 9.81. The molecule has 1 aromatic carbocycles. The zero-order chi connectivity index (χ0) is 18.2. The highest BCUT2D eigenvalue weighted by Crippen LogP contribution is 2.25. The van der Waals surface area contributed by atoms with Gasteiger partial charge in [-0.2, -0.15) is 11.8 Å². The van der Waals surface area contributed by atoms with Gasteiger partial charge in [0.25, 0.3) is 0 Å². The van der Waals surface area contributed by atoms with Gasteiger partial charge in [0.05, 0.1) is 0 Å². The molecule has 2 heterocycles. The van der Waals surface area contributed by atoms with E-state index in [1.165, 1.54) is 30.7 Å². The number of guanidine groups is 1. The average Bonchev–Trinajstić information content (AvgIpc) is 3.17. The molecule has 0 aliphatic carbocycles. The third-order valence-corrected chi connectivity index (χ3v) is 5.45. The van der Waals surface area contributed by atoms with Crippen LogP contribution in [0.5, 0.6) is 11.6 Å². The van der Waals surface area contributed by atoms with Gasteiger partial charge in [-0.3, -0.25) is 4.99 Å². The first-order valence-corrected chi connectivity index (χ1v) is 9.73. The van der Waals surface area contributed by atoms with E-state index in [4.69, 9.17) is 4.74 Å². The van der Waals surface area contributed by atoms with Crippen LogP contribution in [0.4, 0.5) is 4.39 Å². The fraction of sp³-hybridized carbons (Fsp3) is 0.368. The van der Waals surface area contributed by atoms with E-state index in [2.05, 4.69) is 20.6 Å². The molecule has 1 aromatic heterocycles. The first kappa shape index (κ1) is 18.5. The molecule has 0 amide bonds. The second kappa shape index (κ2) is 9.43. The molecule has 3 rings (SSSR count). The minimum Gasteiger partial charge on any atom is -0.439 e. The summed E-state index contributed by atoms with van der Waals surface area (Å²) in [7, 11) is 1.75. The molecule has 0 saturated carbocycles. The van der Waals surface area contributed by atoms with Gasteiger partial charge in [0, 0.05) is 43.2 Å². The number of thioether (sulfide) groups is 1. The Balaban J connectivity index is 1.58. The molecule has 1 aliphatic heterocycles. The Morgan fingerprint density at radius 3 is 3.04 bits per heavy atom. The summed E-state index contributed by atoms with van der Waals surface area (Å²) < 4.78 is 19.1. The number of rotatable bonds is 6. The smallest absolute Gasteiger partial charge is 0.224 e. The van der Waals surface area contributed by atoms with E-state index in [-0.39, 0.29) is 5.82 Å². The molecule has 1 saturated heterocycles. The summed E-state index contributed by atoms with van der Waals surface area (Å²) in [5.74, 6) is 2.53. The van der Waals surface area contributed by atoms with Crippen LogP contribution in [-0.2, 0) is 6.54 Å². The van der Waals surface area contributed by atoms with Crippen LogP contribution in [-0.4, -0.2) is 35.5 Å². The second-order valence-electron chi connectivity index (χ2n) is 5.97. The Morgan fingerprint density at radius 1 is 1.35 bits per heavy atom. The van der Waals surface area contributed by atoms with E-state index >= 15 is 0 Å². The van der Waals surface area contributed by atoms with E-state index in [1.807, 2.05) is 23.9 Å². The molecule has 1 atom stereocenters. The molecule has 0 spiro atoms. The number of aliphatic imine (C=N–C) groups is 1. The molecule has 1 aliphatic rings. The number of benzene rings is 1. The van der Waals surface area contributed by atoms with Gasteiger partial charge in [-0.05, 0) is 36.8 Å². The van der Waals surface area contributed by atoms with Crippen LogP contribution in [0.1, 0.15) is 18.4 Å². The minimum absolute atomic E-state index is 0.340.